The van der Waals surface area contributed by atoms with E-state index in [2.05, 4.69) is 6.92 Å². The summed E-state index contributed by atoms with van der Waals surface area (Å²) in [5.41, 5.74) is 0. The van der Waals surface area contributed by atoms with E-state index in [0.717, 1.165) is 12.3 Å². The second-order valence-corrected chi connectivity index (χ2v) is 15.6. The van der Waals surface area contributed by atoms with E-state index in [-0.39, 0.29) is 0 Å². The smallest absolute Gasteiger partial charge is 0.373 e. The van der Waals surface area contributed by atoms with Gasteiger partial charge in [0.05, 0.1) is 4.87 Å². The molecule has 1 aliphatic rings. The topological polar surface area (TPSA) is 27.7 Å². The largest absolute Gasteiger partial charge is 0.515 e. The Hall–Kier alpha value is 1.50. The minimum absolute atomic E-state index is 0.295. The Morgan fingerprint density at radius 1 is 0.880 bits per heavy atom. The first-order chi connectivity index (χ1) is 12.2. The molecule has 0 spiro atoms. The molecule has 1 aliphatic carbocycles. The van der Waals surface area contributed by atoms with Crippen LogP contribution in [-0.2, 0) is 13.3 Å². The van der Waals surface area contributed by atoms with Gasteiger partial charge in [-0.15, -0.1) is 0 Å². The highest BCUT2D eigenvalue weighted by molar-refractivity contribution is 9.26. The lowest BCUT2D eigenvalue weighted by molar-refractivity contribution is 0.0693. The van der Waals surface area contributed by atoms with E-state index in [9.17, 15) is 0 Å². The Kier molecular flexibility index (Phi) is 15.1. The first-order valence-electron chi connectivity index (χ1n) is 9.75. The molecule has 1 atom stereocenters. The first kappa shape index (κ1) is 24.5. The highest BCUT2D eigenvalue weighted by Gasteiger charge is 2.49. The standard InChI is InChI=1S/C17H36O3S4Si/c1-5-17(25(18-6-2,19-7-3)20-8-4)22-24-23-21-15-14-16-12-10-9-11-13-16/h16-17H,5-15H2,1-4H3. The van der Waals surface area contributed by atoms with Gasteiger partial charge in [0.1, 0.15) is 0 Å². The van der Waals surface area contributed by atoms with E-state index in [4.69, 9.17) is 13.3 Å². The molecule has 0 N–H and O–H groups in total. The van der Waals surface area contributed by atoms with Gasteiger partial charge in [0.25, 0.3) is 0 Å². The van der Waals surface area contributed by atoms with Crippen molar-refractivity contribution in [2.45, 2.75) is 77.5 Å². The SMILES string of the molecule is CCO[Si](OCC)(OCC)C(CC)SSSSCCC1CCCCC1. The molecule has 1 saturated carbocycles. The fourth-order valence-electron chi connectivity index (χ4n) is 3.19. The zero-order chi connectivity index (χ0) is 18.4. The summed E-state index contributed by atoms with van der Waals surface area (Å²) in [5.74, 6) is 2.25. The van der Waals surface area contributed by atoms with Crippen molar-refractivity contribution >= 4 is 50.0 Å². The molecule has 25 heavy (non-hydrogen) atoms. The Morgan fingerprint density at radius 3 is 2.00 bits per heavy atom. The Balaban J connectivity index is 2.31. The zero-order valence-corrected chi connectivity index (χ0v) is 20.6. The predicted octanol–water partition coefficient (Wildman–Crippen LogP) is 7.00. The Bertz CT molecular complexity index is 303. The molecule has 0 aromatic rings. The minimum Gasteiger partial charge on any atom is -0.373 e. The van der Waals surface area contributed by atoms with Crippen molar-refractivity contribution in [3.8, 4) is 0 Å². The van der Waals surface area contributed by atoms with E-state index in [1.54, 1.807) is 0 Å². The third-order valence-corrected chi connectivity index (χ3v) is 16.0. The molecular formula is C17H36O3S4Si. The van der Waals surface area contributed by atoms with Crippen molar-refractivity contribution in [3.63, 3.8) is 0 Å². The summed E-state index contributed by atoms with van der Waals surface area (Å²) in [6.07, 6.45) is 9.65. The molecule has 0 heterocycles. The predicted molar refractivity (Wildman–Crippen MR) is 121 cm³/mol. The molecule has 1 unspecified atom stereocenters. The van der Waals surface area contributed by atoms with Gasteiger partial charge in [-0.1, -0.05) is 60.6 Å². The highest BCUT2D eigenvalue weighted by atomic mass is 33.7. The quantitative estimate of drug-likeness (QED) is 0.152. The van der Waals surface area contributed by atoms with Crippen LogP contribution in [0.3, 0.4) is 0 Å². The minimum atomic E-state index is -2.60. The van der Waals surface area contributed by atoms with Crippen LogP contribution in [0.5, 0.6) is 0 Å². The van der Waals surface area contributed by atoms with Crippen molar-refractivity contribution in [2.75, 3.05) is 25.6 Å². The number of hydrogen-bond donors (Lipinski definition) is 0. The second-order valence-electron chi connectivity index (χ2n) is 6.15. The summed E-state index contributed by atoms with van der Waals surface area (Å²) in [4.78, 5) is 0.295. The molecule has 150 valence electrons. The molecule has 0 saturated heterocycles. The number of hydrogen-bond acceptors (Lipinski definition) is 7. The highest BCUT2D eigenvalue weighted by Crippen LogP contribution is 2.48. The maximum atomic E-state index is 6.07. The van der Waals surface area contributed by atoms with Crippen molar-refractivity contribution < 1.29 is 13.3 Å². The maximum Gasteiger partial charge on any atom is 0.515 e. The van der Waals surface area contributed by atoms with Crippen LogP contribution < -0.4 is 0 Å². The van der Waals surface area contributed by atoms with Gasteiger partial charge in [0.15, 0.2) is 0 Å². The van der Waals surface area contributed by atoms with Gasteiger partial charge in [0.2, 0.25) is 0 Å². The van der Waals surface area contributed by atoms with E-state index in [0.29, 0.717) is 24.7 Å². The van der Waals surface area contributed by atoms with E-state index in [1.165, 1.54) is 44.3 Å². The van der Waals surface area contributed by atoms with Gasteiger partial charge in [0, 0.05) is 25.6 Å². The normalized spacial score (nSPS) is 17.8. The second kappa shape index (κ2) is 15.4. The molecule has 0 radical (unpaired) electrons. The third-order valence-electron chi connectivity index (χ3n) is 4.37. The van der Waals surface area contributed by atoms with Crippen LogP contribution in [0.4, 0.5) is 0 Å². The van der Waals surface area contributed by atoms with Gasteiger partial charge in [-0.05, 0) is 59.2 Å². The molecule has 0 aromatic heterocycles. The van der Waals surface area contributed by atoms with Crippen LogP contribution in [0.2, 0.25) is 0 Å². The lowest BCUT2D eigenvalue weighted by atomic mass is 9.88. The van der Waals surface area contributed by atoms with E-state index < -0.39 is 8.80 Å². The van der Waals surface area contributed by atoms with Crippen LogP contribution in [0.15, 0.2) is 0 Å². The van der Waals surface area contributed by atoms with Crippen LogP contribution >= 0.6 is 41.2 Å². The summed E-state index contributed by atoms with van der Waals surface area (Å²) in [7, 11) is 5.06. The molecule has 3 nitrogen and oxygen atoms in total. The van der Waals surface area contributed by atoms with Crippen LogP contribution in [0, 0.1) is 5.92 Å². The lowest BCUT2D eigenvalue weighted by Crippen LogP contribution is -2.54. The first-order valence-corrected chi connectivity index (χ1v) is 16.6. The van der Waals surface area contributed by atoms with Crippen molar-refractivity contribution in [1.82, 2.24) is 0 Å². The fraction of sp³-hybridized carbons (Fsp3) is 1.00. The van der Waals surface area contributed by atoms with Crippen LogP contribution in [0.25, 0.3) is 0 Å². The van der Waals surface area contributed by atoms with Crippen molar-refractivity contribution in [2.24, 2.45) is 5.92 Å². The van der Waals surface area contributed by atoms with Crippen molar-refractivity contribution in [3.05, 3.63) is 0 Å². The molecular weight excluding hydrogens is 409 g/mol. The maximum absolute atomic E-state index is 6.07. The lowest BCUT2D eigenvalue weighted by Gasteiger charge is -2.33. The molecule has 0 amide bonds. The molecule has 0 aliphatic heterocycles. The summed E-state index contributed by atoms with van der Waals surface area (Å²) in [6.45, 7) is 10.2. The Labute approximate surface area is 171 Å². The molecule has 1 rings (SSSR count). The zero-order valence-electron chi connectivity index (χ0n) is 16.3. The van der Waals surface area contributed by atoms with Gasteiger partial charge in [-0.3, -0.25) is 0 Å². The molecule has 0 aromatic carbocycles. The summed E-state index contributed by atoms with van der Waals surface area (Å²) in [6, 6.07) is 0. The fourth-order valence-corrected chi connectivity index (χ4v) is 15.1. The average molecular weight is 445 g/mol. The monoisotopic (exact) mass is 444 g/mol. The average Bonchev–Trinajstić information content (AvgIpc) is 2.62. The Morgan fingerprint density at radius 2 is 1.48 bits per heavy atom. The summed E-state index contributed by atoms with van der Waals surface area (Å²) < 4.78 is 18.2. The van der Waals surface area contributed by atoms with E-state index >= 15 is 0 Å². The number of rotatable bonds is 15. The van der Waals surface area contributed by atoms with Gasteiger partial charge >= 0.3 is 8.80 Å². The van der Waals surface area contributed by atoms with Crippen molar-refractivity contribution in [1.29, 1.82) is 0 Å². The molecule has 0 bridgehead atoms. The van der Waals surface area contributed by atoms with Gasteiger partial charge in [-0.25, -0.2) is 0 Å². The van der Waals surface area contributed by atoms with Gasteiger partial charge in [-0.2, -0.15) is 0 Å². The molecule has 8 heteroatoms. The molecule has 1 fully saturated rings. The van der Waals surface area contributed by atoms with Gasteiger partial charge < -0.3 is 13.3 Å². The summed E-state index contributed by atoms with van der Waals surface area (Å²) in [5, 5.41) is 0. The van der Waals surface area contributed by atoms with Crippen LogP contribution in [0.1, 0.15) is 72.6 Å². The van der Waals surface area contributed by atoms with Crippen LogP contribution in [-0.4, -0.2) is 39.3 Å². The summed E-state index contributed by atoms with van der Waals surface area (Å²) >= 11 is 0. The van der Waals surface area contributed by atoms with E-state index in [1.807, 2.05) is 62.0 Å². The third kappa shape index (κ3) is 9.50.